The average molecular weight is 172 g/mol. The fourth-order valence-electron chi connectivity index (χ4n) is 1.77. The molecule has 0 aromatic carbocycles. The highest BCUT2D eigenvalue weighted by Crippen LogP contribution is 2.22. The molecule has 0 bridgehead atoms. The van der Waals surface area contributed by atoms with Gasteiger partial charge in [0.05, 0.1) is 7.11 Å². The van der Waals surface area contributed by atoms with Gasteiger partial charge in [0.1, 0.15) is 6.04 Å². The number of hydrogen-bond acceptors (Lipinski definition) is 4. The van der Waals surface area contributed by atoms with E-state index in [0.717, 1.165) is 13.0 Å². The van der Waals surface area contributed by atoms with Gasteiger partial charge in [-0.15, -0.1) is 0 Å². The molecule has 0 aliphatic carbocycles. The highest BCUT2D eigenvalue weighted by Gasteiger charge is 2.36. The van der Waals surface area contributed by atoms with Gasteiger partial charge in [-0.25, -0.2) is 0 Å². The molecule has 1 saturated heterocycles. The van der Waals surface area contributed by atoms with Crippen LogP contribution in [-0.2, 0) is 9.53 Å². The topological polar surface area (TPSA) is 55.6 Å². The van der Waals surface area contributed by atoms with E-state index in [2.05, 4.69) is 0 Å². The maximum atomic E-state index is 11.3. The molecule has 0 amide bonds. The Morgan fingerprint density at radius 1 is 1.75 bits per heavy atom. The van der Waals surface area contributed by atoms with Crippen LogP contribution in [0, 0.1) is 5.92 Å². The first kappa shape index (κ1) is 9.48. The van der Waals surface area contributed by atoms with Crippen LogP contribution < -0.4 is 5.73 Å². The van der Waals surface area contributed by atoms with Gasteiger partial charge in [-0.2, -0.15) is 0 Å². The van der Waals surface area contributed by atoms with E-state index in [4.69, 9.17) is 10.5 Å². The second-order valence-electron chi connectivity index (χ2n) is 3.23. The molecule has 1 fully saturated rings. The highest BCUT2D eigenvalue weighted by atomic mass is 16.5. The van der Waals surface area contributed by atoms with Crippen molar-refractivity contribution in [3.63, 3.8) is 0 Å². The van der Waals surface area contributed by atoms with Gasteiger partial charge in [0, 0.05) is 0 Å². The van der Waals surface area contributed by atoms with Crippen molar-refractivity contribution in [3.05, 3.63) is 0 Å². The quantitative estimate of drug-likeness (QED) is 0.567. The molecule has 1 heterocycles. The standard InChI is InChI=1S/C8H16N2O2/c1-10-4-3-6(5-9)7(10)8(11)12-2/h6-7H,3-5,9H2,1-2H3/t6-,7+/m0/s1. The molecule has 2 atom stereocenters. The lowest BCUT2D eigenvalue weighted by molar-refractivity contribution is -0.146. The number of likely N-dealkylation sites (tertiary alicyclic amines) is 1. The van der Waals surface area contributed by atoms with Crippen molar-refractivity contribution in [3.8, 4) is 0 Å². The molecule has 4 nitrogen and oxygen atoms in total. The second-order valence-corrected chi connectivity index (χ2v) is 3.23. The summed E-state index contributed by atoms with van der Waals surface area (Å²) in [5.74, 6) is 0.105. The van der Waals surface area contributed by atoms with Crippen molar-refractivity contribution < 1.29 is 9.53 Å². The van der Waals surface area contributed by atoms with Crippen LogP contribution in [0.3, 0.4) is 0 Å². The molecule has 0 aromatic rings. The van der Waals surface area contributed by atoms with Crippen LogP contribution in [0.25, 0.3) is 0 Å². The first-order chi connectivity index (χ1) is 5.70. The molecule has 70 valence electrons. The molecule has 0 spiro atoms. The Labute approximate surface area is 72.7 Å². The monoisotopic (exact) mass is 172 g/mol. The molecule has 0 aromatic heterocycles. The lowest BCUT2D eigenvalue weighted by Crippen LogP contribution is -2.40. The van der Waals surface area contributed by atoms with E-state index in [-0.39, 0.29) is 17.9 Å². The SMILES string of the molecule is COC(=O)[C@H]1[C@H](CN)CCN1C. The van der Waals surface area contributed by atoms with Crippen LogP contribution in [0.15, 0.2) is 0 Å². The van der Waals surface area contributed by atoms with Crippen LogP contribution in [-0.4, -0.2) is 44.2 Å². The molecule has 0 unspecified atom stereocenters. The third-order valence-corrected chi connectivity index (χ3v) is 2.52. The maximum absolute atomic E-state index is 11.3. The van der Waals surface area contributed by atoms with Crippen molar-refractivity contribution in [2.75, 3.05) is 27.2 Å². The predicted octanol–water partition coefficient (Wildman–Crippen LogP) is -0.562. The van der Waals surface area contributed by atoms with Crippen molar-refractivity contribution in [2.24, 2.45) is 11.7 Å². The number of methoxy groups -OCH3 is 1. The molecule has 1 aliphatic rings. The van der Waals surface area contributed by atoms with Crippen LogP contribution in [0.5, 0.6) is 0 Å². The molecule has 2 N–H and O–H groups in total. The third-order valence-electron chi connectivity index (χ3n) is 2.52. The van der Waals surface area contributed by atoms with Crippen LogP contribution >= 0.6 is 0 Å². The Morgan fingerprint density at radius 3 is 2.92 bits per heavy atom. The predicted molar refractivity (Wildman–Crippen MR) is 45.6 cm³/mol. The van der Waals surface area contributed by atoms with E-state index >= 15 is 0 Å². The van der Waals surface area contributed by atoms with Crippen molar-refractivity contribution in [2.45, 2.75) is 12.5 Å². The Hall–Kier alpha value is -0.610. The molecule has 4 heteroatoms. The Balaban J connectivity index is 2.63. The van der Waals surface area contributed by atoms with Crippen molar-refractivity contribution >= 4 is 5.97 Å². The minimum atomic E-state index is -0.162. The second kappa shape index (κ2) is 3.87. The molecular formula is C8H16N2O2. The maximum Gasteiger partial charge on any atom is 0.323 e. The summed E-state index contributed by atoms with van der Waals surface area (Å²) in [6, 6.07) is -0.125. The summed E-state index contributed by atoms with van der Waals surface area (Å²) >= 11 is 0. The van der Waals surface area contributed by atoms with E-state index in [1.807, 2.05) is 11.9 Å². The fourth-order valence-corrected chi connectivity index (χ4v) is 1.77. The van der Waals surface area contributed by atoms with Crippen molar-refractivity contribution in [1.82, 2.24) is 4.90 Å². The van der Waals surface area contributed by atoms with E-state index in [9.17, 15) is 4.79 Å². The van der Waals surface area contributed by atoms with E-state index in [0.29, 0.717) is 6.54 Å². The van der Waals surface area contributed by atoms with Crippen LogP contribution in [0.2, 0.25) is 0 Å². The number of likely N-dealkylation sites (N-methyl/N-ethyl adjacent to an activating group) is 1. The number of hydrogen-bond donors (Lipinski definition) is 1. The van der Waals surface area contributed by atoms with E-state index in [1.54, 1.807) is 0 Å². The molecular weight excluding hydrogens is 156 g/mol. The third kappa shape index (κ3) is 1.59. The first-order valence-electron chi connectivity index (χ1n) is 4.18. The number of nitrogens with two attached hydrogens (primary N) is 1. The largest absolute Gasteiger partial charge is 0.468 e. The van der Waals surface area contributed by atoms with Gasteiger partial charge in [-0.3, -0.25) is 9.69 Å². The number of esters is 1. The first-order valence-corrected chi connectivity index (χ1v) is 4.18. The summed E-state index contributed by atoms with van der Waals surface area (Å²) < 4.78 is 4.70. The number of rotatable bonds is 2. The van der Waals surface area contributed by atoms with E-state index in [1.165, 1.54) is 7.11 Å². The molecule has 0 saturated carbocycles. The average Bonchev–Trinajstić information content (AvgIpc) is 2.45. The van der Waals surface area contributed by atoms with Crippen LogP contribution in [0.4, 0.5) is 0 Å². The molecule has 0 radical (unpaired) electrons. The number of nitrogens with zero attached hydrogens (tertiary/aromatic N) is 1. The minimum absolute atomic E-state index is 0.125. The van der Waals surface area contributed by atoms with Gasteiger partial charge in [0.15, 0.2) is 0 Å². The smallest absolute Gasteiger partial charge is 0.323 e. The van der Waals surface area contributed by atoms with Crippen LogP contribution in [0.1, 0.15) is 6.42 Å². The molecule has 1 rings (SSSR count). The summed E-state index contributed by atoms with van der Waals surface area (Å²) in [4.78, 5) is 13.3. The summed E-state index contributed by atoms with van der Waals surface area (Å²) in [5.41, 5.74) is 5.54. The Bertz CT molecular complexity index is 172. The number of carbonyl (C=O) groups is 1. The summed E-state index contributed by atoms with van der Waals surface area (Å²) in [6.45, 7) is 1.49. The normalized spacial score (nSPS) is 30.6. The summed E-state index contributed by atoms with van der Waals surface area (Å²) in [6.07, 6.45) is 0.993. The number of ether oxygens (including phenoxy) is 1. The van der Waals surface area contributed by atoms with Gasteiger partial charge in [0.2, 0.25) is 0 Å². The minimum Gasteiger partial charge on any atom is -0.468 e. The van der Waals surface area contributed by atoms with Gasteiger partial charge in [-0.1, -0.05) is 0 Å². The van der Waals surface area contributed by atoms with Gasteiger partial charge in [-0.05, 0) is 32.5 Å². The Morgan fingerprint density at radius 2 is 2.42 bits per heavy atom. The lowest BCUT2D eigenvalue weighted by atomic mass is 10.0. The zero-order valence-electron chi connectivity index (χ0n) is 7.62. The van der Waals surface area contributed by atoms with Gasteiger partial charge in [0.25, 0.3) is 0 Å². The highest BCUT2D eigenvalue weighted by molar-refractivity contribution is 5.76. The number of carbonyl (C=O) groups excluding carboxylic acids is 1. The lowest BCUT2D eigenvalue weighted by Gasteiger charge is -2.20. The summed E-state index contributed by atoms with van der Waals surface area (Å²) in [5, 5.41) is 0. The zero-order chi connectivity index (χ0) is 9.14. The molecule has 1 aliphatic heterocycles. The summed E-state index contributed by atoms with van der Waals surface area (Å²) in [7, 11) is 3.35. The van der Waals surface area contributed by atoms with Crippen molar-refractivity contribution in [1.29, 1.82) is 0 Å². The Kier molecular flexibility index (Phi) is 3.05. The molecule has 12 heavy (non-hydrogen) atoms. The van der Waals surface area contributed by atoms with Gasteiger partial charge < -0.3 is 10.5 Å². The fraction of sp³-hybridized carbons (Fsp3) is 0.875. The van der Waals surface area contributed by atoms with Gasteiger partial charge >= 0.3 is 5.97 Å². The zero-order valence-corrected chi connectivity index (χ0v) is 7.62. The van der Waals surface area contributed by atoms with E-state index < -0.39 is 0 Å².